The van der Waals surface area contributed by atoms with Gasteiger partial charge in [-0.15, -0.1) is 13.2 Å². The van der Waals surface area contributed by atoms with Crippen molar-refractivity contribution >= 4 is 6.09 Å². The van der Waals surface area contributed by atoms with Gasteiger partial charge in [-0.3, -0.25) is 4.90 Å². The second kappa shape index (κ2) is 6.94. The summed E-state index contributed by atoms with van der Waals surface area (Å²) in [5.41, 5.74) is 0.989. The fourth-order valence-electron chi connectivity index (χ4n) is 2.59. The number of piperidine rings is 1. The Morgan fingerprint density at radius 2 is 1.80 bits per heavy atom. The van der Waals surface area contributed by atoms with Gasteiger partial charge in [0.25, 0.3) is 0 Å². The first kappa shape index (κ1) is 14.4. The molecule has 0 radical (unpaired) electrons. The summed E-state index contributed by atoms with van der Waals surface area (Å²) in [7, 11) is 0. The van der Waals surface area contributed by atoms with Gasteiger partial charge in [0.2, 0.25) is 0 Å². The van der Waals surface area contributed by atoms with Crippen LogP contribution in [0.25, 0.3) is 0 Å². The summed E-state index contributed by atoms with van der Waals surface area (Å²) in [6.07, 6.45) is 6.31. The number of rotatable bonds is 4. The average Bonchev–Trinajstić information content (AvgIpc) is 2.52. The number of nitrogens with zero attached hydrogens (tertiary/aromatic N) is 1. The molecule has 2 atom stereocenters. The lowest BCUT2D eigenvalue weighted by atomic mass is 9.96. The van der Waals surface area contributed by atoms with E-state index in [-0.39, 0.29) is 18.2 Å². The summed E-state index contributed by atoms with van der Waals surface area (Å²) in [6.45, 7) is 7.94. The van der Waals surface area contributed by atoms with E-state index in [1.807, 2.05) is 42.5 Å². The normalized spacial score (nSPS) is 22.1. The number of likely N-dealkylation sites (tertiary alicyclic amines) is 1. The number of hydrogen-bond acceptors (Lipinski definition) is 2. The first-order valence-electron chi connectivity index (χ1n) is 7.00. The molecular weight excluding hydrogens is 250 g/mol. The molecule has 1 amide bonds. The van der Waals surface area contributed by atoms with Crippen molar-refractivity contribution in [2.45, 2.75) is 38.0 Å². The number of hydrogen-bond donors (Lipinski definition) is 0. The number of carbonyl (C=O) groups excluding carboxylic acids is 1. The molecule has 106 valence electrons. The van der Waals surface area contributed by atoms with E-state index in [2.05, 4.69) is 13.2 Å². The van der Waals surface area contributed by atoms with Gasteiger partial charge in [0.15, 0.2) is 0 Å². The van der Waals surface area contributed by atoms with Crippen LogP contribution in [0.15, 0.2) is 55.6 Å². The molecule has 1 aromatic rings. The molecule has 1 aliphatic rings. The first-order chi connectivity index (χ1) is 9.76. The van der Waals surface area contributed by atoms with Crippen molar-refractivity contribution in [3.8, 4) is 0 Å². The lowest BCUT2D eigenvalue weighted by Gasteiger charge is -2.38. The second-order valence-corrected chi connectivity index (χ2v) is 4.98. The maximum Gasteiger partial charge on any atom is 0.411 e. The van der Waals surface area contributed by atoms with Gasteiger partial charge in [0.05, 0.1) is 12.1 Å². The van der Waals surface area contributed by atoms with Crippen LogP contribution in [0.3, 0.4) is 0 Å². The minimum atomic E-state index is -0.289. The van der Waals surface area contributed by atoms with Crippen molar-refractivity contribution in [3.05, 3.63) is 61.2 Å². The van der Waals surface area contributed by atoms with Crippen LogP contribution < -0.4 is 0 Å². The van der Waals surface area contributed by atoms with Crippen LogP contribution in [0.5, 0.6) is 0 Å². The van der Waals surface area contributed by atoms with Gasteiger partial charge in [-0.05, 0) is 24.8 Å². The molecule has 1 fully saturated rings. The molecule has 1 heterocycles. The Labute approximate surface area is 120 Å². The molecule has 0 bridgehead atoms. The van der Waals surface area contributed by atoms with Crippen LogP contribution in [0, 0.1) is 0 Å². The Balaban J connectivity index is 2.01. The van der Waals surface area contributed by atoms with E-state index in [0.29, 0.717) is 6.61 Å². The fourth-order valence-corrected chi connectivity index (χ4v) is 2.59. The minimum absolute atomic E-state index is 0.0371. The summed E-state index contributed by atoms with van der Waals surface area (Å²) in [5.74, 6) is 0. The summed E-state index contributed by atoms with van der Waals surface area (Å²) in [6, 6.07) is 9.77. The first-order valence-corrected chi connectivity index (χ1v) is 7.00. The maximum atomic E-state index is 12.3. The van der Waals surface area contributed by atoms with Crippen LogP contribution >= 0.6 is 0 Å². The molecule has 0 aromatic heterocycles. The SMILES string of the molecule is C=C[C@@H]1CCC[C@H](C=C)N1C(=O)OCc1ccccc1. The molecule has 1 aromatic carbocycles. The van der Waals surface area contributed by atoms with E-state index in [1.54, 1.807) is 4.90 Å². The number of carbonyl (C=O) groups is 1. The van der Waals surface area contributed by atoms with E-state index in [9.17, 15) is 4.79 Å². The third kappa shape index (κ3) is 3.29. The fraction of sp³-hybridized carbons (Fsp3) is 0.353. The van der Waals surface area contributed by atoms with Gasteiger partial charge in [0, 0.05) is 0 Å². The molecule has 0 unspecified atom stereocenters. The maximum absolute atomic E-state index is 12.3. The molecular formula is C17H21NO2. The van der Waals surface area contributed by atoms with E-state index in [0.717, 1.165) is 24.8 Å². The van der Waals surface area contributed by atoms with Gasteiger partial charge in [-0.1, -0.05) is 42.5 Å². The third-order valence-corrected chi connectivity index (χ3v) is 3.67. The highest BCUT2D eigenvalue weighted by Crippen LogP contribution is 2.25. The van der Waals surface area contributed by atoms with Gasteiger partial charge in [-0.2, -0.15) is 0 Å². The number of benzene rings is 1. The van der Waals surface area contributed by atoms with Crippen LogP contribution in [0.2, 0.25) is 0 Å². The Hall–Kier alpha value is -2.03. The second-order valence-electron chi connectivity index (χ2n) is 4.98. The molecule has 0 saturated carbocycles. The number of amides is 1. The predicted molar refractivity (Wildman–Crippen MR) is 80.3 cm³/mol. The summed E-state index contributed by atoms with van der Waals surface area (Å²) < 4.78 is 5.42. The highest BCUT2D eigenvalue weighted by Gasteiger charge is 2.32. The van der Waals surface area contributed by atoms with Crippen LogP contribution in [-0.4, -0.2) is 23.1 Å². The predicted octanol–water partition coefficient (Wildman–Crippen LogP) is 3.92. The molecule has 2 rings (SSSR count). The van der Waals surface area contributed by atoms with E-state index >= 15 is 0 Å². The van der Waals surface area contributed by atoms with Crippen LogP contribution in [0.4, 0.5) is 4.79 Å². The van der Waals surface area contributed by atoms with Crippen molar-refractivity contribution in [2.24, 2.45) is 0 Å². The summed E-state index contributed by atoms with van der Waals surface area (Å²) in [5, 5.41) is 0. The van der Waals surface area contributed by atoms with Crippen molar-refractivity contribution in [3.63, 3.8) is 0 Å². The van der Waals surface area contributed by atoms with Gasteiger partial charge >= 0.3 is 6.09 Å². The Kier molecular flexibility index (Phi) is 4.99. The summed E-state index contributed by atoms with van der Waals surface area (Å²) >= 11 is 0. The zero-order valence-corrected chi connectivity index (χ0v) is 11.7. The molecule has 20 heavy (non-hydrogen) atoms. The zero-order valence-electron chi connectivity index (χ0n) is 11.7. The number of ether oxygens (including phenoxy) is 1. The molecule has 1 aliphatic heterocycles. The van der Waals surface area contributed by atoms with Gasteiger partial charge in [0.1, 0.15) is 6.61 Å². The van der Waals surface area contributed by atoms with Crippen LogP contribution in [0.1, 0.15) is 24.8 Å². The summed E-state index contributed by atoms with van der Waals surface area (Å²) in [4.78, 5) is 14.1. The van der Waals surface area contributed by atoms with Crippen molar-refractivity contribution in [1.29, 1.82) is 0 Å². The van der Waals surface area contributed by atoms with Gasteiger partial charge < -0.3 is 4.74 Å². The Morgan fingerprint density at radius 1 is 1.20 bits per heavy atom. The minimum Gasteiger partial charge on any atom is -0.445 e. The standard InChI is InChI=1S/C17H21NO2/c1-3-15-11-8-12-16(4-2)18(15)17(19)20-13-14-9-6-5-7-10-14/h3-7,9-10,15-16H,1-2,8,11-13H2/t15-,16+. The van der Waals surface area contributed by atoms with Crippen molar-refractivity contribution < 1.29 is 9.53 Å². The lowest BCUT2D eigenvalue weighted by molar-refractivity contribution is 0.0637. The third-order valence-electron chi connectivity index (χ3n) is 3.67. The lowest BCUT2D eigenvalue weighted by Crippen LogP contribution is -2.48. The van der Waals surface area contributed by atoms with Crippen molar-refractivity contribution in [1.82, 2.24) is 4.90 Å². The molecule has 1 saturated heterocycles. The van der Waals surface area contributed by atoms with Crippen LogP contribution in [-0.2, 0) is 11.3 Å². The molecule has 0 aliphatic carbocycles. The van der Waals surface area contributed by atoms with Gasteiger partial charge in [-0.25, -0.2) is 4.79 Å². The molecule has 0 spiro atoms. The molecule has 3 heteroatoms. The zero-order chi connectivity index (χ0) is 14.4. The van der Waals surface area contributed by atoms with E-state index in [4.69, 9.17) is 4.74 Å². The molecule has 3 nitrogen and oxygen atoms in total. The Morgan fingerprint density at radius 3 is 2.35 bits per heavy atom. The topological polar surface area (TPSA) is 29.5 Å². The quantitative estimate of drug-likeness (QED) is 0.777. The average molecular weight is 271 g/mol. The van der Waals surface area contributed by atoms with E-state index in [1.165, 1.54) is 0 Å². The highest BCUT2D eigenvalue weighted by atomic mass is 16.6. The largest absolute Gasteiger partial charge is 0.445 e. The van der Waals surface area contributed by atoms with Crippen molar-refractivity contribution in [2.75, 3.05) is 0 Å². The molecule has 0 N–H and O–H groups in total. The smallest absolute Gasteiger partial charge is 0.411 e. The van der Waals surface area contributed by atoms with E-state index < -0.39 is 0 Å². The monoisotopic (exact) mass is 271 g/mol. The highest BCUT2D eigenvalue weighted by molar-refractivity contribution is 5.69. The Bertz CT molecular complexity index is 453.